The largest absolute Gasteiger partial charge is 0.481 e. The molecule has 2 heterocycles. The zero-order chi connectivity index (χ0) is 16.5. The van der Waals surface area contributed by atoms with Gasteiger partial charge in [0.1, 0.15) is 0 Å². The average Bonchev–Trinajstić information content (AvgIpc) is 3.05. The van der Waals surface area contributed by atoms with Crippen LogP contribution in [-0.2, 0) is 11.3 Å². The summed E-state index contributed by atoms with van der Waals surface area (Å²) in [5, 5.41) is 11.4. The van der Waals surface area contributed by atoms with Gasteiger partial charge in [0.05, 0.1) is 6.33 Å². The quantitative estimate of drug-likeness (QED) is 0.716. The lowest BCUT2D eigenvalue weighted by atomic mass is 9.92. The van der Waals surface area contributed by atoms with E-state index in [1.807, 2.05) is 17.4 Å². The minimum Gasteiger partial charge on any atom is -0.481 e. The second kappa shape index (κ2) is 9.17. The lowest BCUT2D eigenvalue weighted by molar-refractivity contribution is -0.137. The van der Waals surface area contributed by atoms with Crippen molar-refractivity contribution in [2.45, 2.75) is 45.1 Å². The lowest BCUT2D eigenvalue weighted by Crippen LogP contribution is -2.44. The van der Waals surface area contributed by atoms with Gasteiger partial charge < -0.3 is 19.9 Å². The maximum atomic E-state index is 12.0. The van der Waals surface area contributed by atoms with Crippen LogP contribution in [0.5, 0.6) is 0 Å². The fourth-order valence-corrected chi connectivity index (χ4v) is 2.95. The van der Waals surface area contributed by atoms with Gasteiger partial charge in [-0.1, -0.05) is 0 Å². The molecular formula is C16H26N4O3. The van der Waals surface area contributed by atoms with Crippen molar-refractivity contribution >= 4 is 12.0 Å². The van der Waals surface area contributed by atoms with Crippen molar-refractivity contribution in [3.05, 3.63) is 18.7 Å². The molecule has 0 aromatic carbocycles. The second-order valence-corrected chi connectivity index (χ2v) is 6.10. The molecule has 128 valence electrons. The van der Waals surface area contributed by atoms with E-state index >= 15 is 0 Å². The number of hydrogen-bond donors (Lipinski definition) is 2. The van der Waals surface area contributed by atoms with Gasteiger partial charge >= 0.3 is 12.0 Å². The molecule has 0 radical (unpaired) electrons. The predicted molar refractivity (Wildman–Crippen MR) is 86.0 cm³/mol. The van der Waals surface area contributed by atoms with Crippen molar-refractivity contribution in [2.24, 2.45) is 5.92 Å². The highest BCUT2D eigenvalue weighted by Crippen LogP contribution is 2.22. The smallest absolute Gasteiger partial charge is 0.317 e. The number of aromatic nitrogens is 2. The zero-order valence-corrected chi connectivity index (χ0v) is 13.5. The number of aliphatic carboxylic acids is 1. The molecule has 1 aromatic heterocycles. The Labute approximate surface area is 136 Å². The van der Waals surface area contributed by atoms with Crippen LogP contribution in [0, 0.1) is 5.92 Å². The summed E-state index contributed by atoms with van der Waals surface area (Å²) in [6.45, 7) is 3.02. The predicted octanol–water partition coefficient (Wildman–Crippen LogP) is 1.95. The molecule has 0 bridgehead atoms. The van der Waals surface area contributed by atoms with Crippen LogP contribution in [0.4, 0.5) is 4.79 Å². The van der Waals surface area contributed by atoms with Gasteiger partial charge in [-0.25, -0.2) is 9.78 Å². The van der Waals surface area contributed by atoms with Gasteiger partial charge in [-0.3, -0.25) is 4.79 Å². The SMILES string of the molecule is O=C(O)CCCNC(=O)N1CCC(CCCn2ccnc2)CC1. The normalized spacial score (nSPS) is 15.6. The first-order chi connectivity index (χ1) is 11.1. The molecule has 23 heavy (non-hydrogen) atoms. The van der Waals surface area contributed by atoms with E-state index < -0.39 is 5.97 Å². The zero-order valence-electron chi connectivity index (χ0n) is 13.5. The number of piperidine rings is 1. The van der Waals surface area contributed by atoms with E-state index in [4.69, 9.17) is 5.11 Å². The number of carboxylic acid groups (broad SMARTS) is 1. The summed E-state index contributed by atoms with van der Waals surface area (Å²) in [7, 11) is 0. The highest BCUT2D eigenvalue weighted by Gasteiger charge is 2.22. The van der Waals surface area contributed by atoms with E-state index in [-0.39, 0.29) is 12.5 Å². The molecular weight excluding hydrogens is 296 g/mol. The minimum atomic E-state index is -0.823. The summed E-state index contributed by atoms with van der Waals surface area (Å²) < 4.78 is 2.10. The summed E-state index contributed by atoms with van der Waals surface area (Å²) in [5.41, 5.74) is 0. The number of carbonyl (C=O) groups is 2. The standard InChI is InChI=1S/C16H26N4O3/c21-15(22)4-1-7-18-16(23)20-10-5-14(6-11-20)3-2-9-19-12-8-17-13-19/h8,12-14H,1-7,9-11H2,(H,18,23)(H,21,22). The van der Waals surface area contributed by atoms with Crippen LogP contribution < -0.4 is 5.32 Å². The molecule has 0 unspecified atom stereocenters. The summed E-state index contributed by atoms with van der Waals surface area (Å²) in [4.78, 5) is 28.3. The number of aryl methyl sites for hydroxylation is 1. The summed E-state index contributed by atoms with van der Waals surface area (Å²) in [6.07, 6.45) is 10.6. The first-order valence-electron chi connectivity index (χ1n) is 8.35. The third-order valence-corrected chi connectivity index (χ3v) is 4.33. The van der Waals surface area contributed by atoms with Crippen molar-refractivity contribution in [3.63, 3.8) is 0 Å². The van der Waals surface area contributed by atoms with Gasteiger partial charge in [-0.15, -0.1) is 0 Å². The summed E-state index contributed by atoms with van der Waals surface area (Å²) in [5.74, 6) is -0.134. The van der Waals surface area contributed by atoms with Crippen molar-refractivity contribution in [1.29, 1.82) is 0 Å². The van der Waals surface area contributed by atoms with E-state index in [2.05, 4.69) is 14.9 Å². The van der Waals surface area contributed by atoms with E-state index in [1.54, 1.807) is 6.20 Å². The Kier molecular flexibility index (Phi) is 6.90. The van der Waals surface area contributed by atoms with Crippen LogP contribution in [0.2, 0.25) is 0 Å². The molecule has 0 atom stereocenters. The van der Waals surface area contributed by atoms with Crippen molar-refractivity contribution in [2.75, 3.05) is 19.6 Å². The summed E-state index contributed by atoms with van der Waals surface area (Å²) in [6, 6.07) is -0.0627. The maximum absolute atomic E-state index is 12.0. The first kappa shape index (κ1) is 17.3. The molecule has 2 rings (SSSR count). The van der Waals surface area contributed by atoms with Gasteiger partial charge in [0.25, 0.3) is 0 Å². The van der Waals surface area contributed by atoms with E-state index in [0.29, 0.717) is 18.9 Å². The Morgan fingerprint density at radius 2 is 2.04 bits per heavy atom. The fraction of sp³-hybridized carbons (Fsp3) is 0.688. The number of hydrogen-bond acceptors (Lipinski definition) is 3. The van der Waals surface area contributed by atoms with Crippen molar-refractivity contribution in [1.82, 2.24) is 19.8 Å². The number of nitrogens with one attached hydrogen (secondary N) is 1. The number of likely N-dealkylation sites (tertiary alicyclic amines) is 1. The Morgan fingerprint density at radius 3 is 2.70 bits per heavy atom. The molecule has 2 amide bonds. The van der Waals surface area contributed by atoms with Crippen LogP contribution >= 0.6 is 0 Å². The third kappa shape index (κ3) is 6.30. The molecule has 1 aliphatic heterocycles. The van der Waals surface area contributed by atoms with Gasteiger partial charge in [0.15, 0.2) is 0 Å². The molecule has 1 aliphatic rings. The Hall–Kier alpha value is -2.05. The number of imidazole rings is 1. The molecule has 2 N–H and O–H groups in total. The monoisotopic (exact) mass is 322 g/mol. The topological polar surface area (TPSA) is 87.5 Å². The van der Waals surface area contributed by atoms with E-state index in [9.17, 15) is 9.59 Å². The lowest BCUT2D eigenvalue weighted by Gasteiger charge is -2.32. The van der Waals surface area contributed by atoms with Crippen LogP contribution in [0.1, 0.15) is 38.5 Å². The van der Waals surface area contributed by atoms with Crippen LogP contribution in [-0.4, -0.2) is 51.2 Å². The molecule has 0 saturated carbocycles. The van der Waals surface area contributed by atoms with Gasteiger partial charge in [-0.2, -0.15) is 0 Å². The highest BCUT2D eigenvalue weighted by atomic mass is 16.4. The molecule has 1 fully saturated rings. The third-order valence-electron chi connectivity index (χ3n) is 4.33. The minimum absolute atomic E-state index is 0.0627. The number of rotatable bonds is 8. The van der Waals surface area contributed by atoms with Crippen molar-refractivity contribution in [3.8, 4) is 0 Å². The molecule has 7 heteroatoms. The van der Waals surface area contributed by atoms with Gasteiger partial charge in [0, 0.05) is 45.0 Å². The summed E-state index contributed by atoms with van der Waals surface area (Å²) >= 11 is 0. The van der Waals surface area contributed by atoms with Crippen LogP contribution in [0.25, 0.3) is 0 Å². The molecule has 0 spiro atoms. The number of carboxylic acids is 1. The van der Waals surface area contributed by atoms with E-state index in [0.717, 1.165) is 38.9 Å². The molecule has 1 aromatic rings. The number of carbonyl (C=O) groups excluding carboxylic acids is 1. The average molecular weight is 322 g/mol. The molecule has 7 nitrogen and oxygen atoms in total. The second-order valence-electron chi connectivity index (χ2n) is 6.10. The number of urea groups is 1. The Balaban J connectivity index is 1.56. The first-order valence-corrected chi connectivity index (χ1v) is 8.35. The van der Waals surface area contributed by atoms with Crippen LogP contribution in [0.3, 0.4) is 0 Å². The number of amides is 2. The Morgan fingerprint density at radius 1 is 1.26 bits per heavy atom. The van der Waals surface area contributed by atoms with E-state index in [1.165, 1.54) is 6.42 Å². The Bertz CT molecular complexity index is 482. The van der Waals surface area contributed by atoms with Crippen molar-refractivity contribution < 1.29 is 14.7 Å². The highest BCUT2D eigenvalue weighted by molar-refractivity contribution is 5.74. The van der Waals surface area contributed by atoms with Crippen LogP contribution in [0.15, 0.2) is 18.7 Å². The van der Waals surface area contributed by atoms with Gasteiger partial charge in [0.2, 0.25) is 0 Å². The molecule has 1 saturated heterocycles. The number of nitrogens with zero attached hydrogens (tertiary/aromatic N) is 3. The molecule has 0 aliphatic carbocycles. The maximum Gasteiger partial charge on any atom is 0.317 e. The van der Waals surface area contributed by atoms with Gasteiger partial charge in [-0.05, 0) is 38.0 Å². The fourth-order valence-electron chi connectivity index (χ4n) is 2.95.